The molecule has 0 aromatic heterocycles. The van der Waals surface area contributed by atoms with Gasteiger partial charge in [-0.05, 0) is 32.4 Å². The van der Waals surface area contributed by atoms with Gasteiger partial charge in [-0.1, -0.05) is 26.2 Å². The number of hydrogen-bond donors (Lipinski definition) is 2. The molecule has 0 aromatic carbocycles. The third-order valence-corrected chi connectivity index (χ3v) is 3.26. The standard InChI is InChI=1S/C12H24N2O/c1-3-4-5-6-12(14-11(2)15)7-9-13-10-8-12/h13H,3-10H2,1-2H3,(H,14,15). The number of unbranched alkanes of at least 4 members (excludes halogenated alkanes) is 2. The van der Waals surface area contributed by atoms with Gasteiger partial charge in [0.25, 0.3) is 0 Å². The number of nitrogens with one attached hydrogen (secondary N) is 2. The number of amides is 1. The van der Waals surface area contributed by atoms with E-state index in [0.717, 1.165) is 32.4 Å². The summed E-state index contributed by atoms with van der Waals surface area (Å²) in [5.41, 5.74) is 0.0895. The van der Waals surface area contributed by atoms with Gasteiger partial charge in [-0.25, -0.2) is 0 Å². The highest BCUT2D eigenvalue weighted by molar-refractivity contribution is 5.73. The van der Waals surface area contributed by atoms with Gasteiger partial charge in [0.05, 0.1) is 0 Å². The Labute approximate surface area is 93.0 Å². The number of piperidine rings is 1. The highest BCUT2D eigenvalue weighted by atomic mass is 16.1. The van der Waals surface area contributed by atoms with Crippen molar-refractivity contribution in [2.24, 2.45) is 0 Å². The summed E-state index contributed by atoms with van der Waals surface area (Å²) in [6, 6.07) is 0. The Kier molecular flexibility index (Phi) is 5.09. The minimum atomic E-state index is 0.0895. The molecule has 1 fully saturated rings. The minimum absolute atomic E-state index is 0.0895. The molecular weight excluding hydrogens is 188 g/mol. The van der Waals surface area contributed by atoms with Gasteiger partial charge >= 0.3 is 0 Å². The Bertz CT molecular complexity index is 198. The summed E-state index contributed by atoms with van der Waals surface area (Å²) in [5.74, 6) is 0.119. The second-order valence-electron chi connectivity index (χ2n) is 4.67. The number of rotatable bonds is 5. The van der Waals surface area contributed by atoms with Crippen molar-refractivity contribution in [2.45, 2.75) is 57.9 Å². The highest BCUT2D eigenvalue weighted by Crippen LogP contribution is 2.25. The van der Waals surface area contributed by atoms with E-state index in [9.17, 15) is 4.79 Å². The zero-order valence-electron chi connectivity index (χ0n) is 10.1. The van der Waals surface area contributed by atoms with Gasteiger partial charge in [0, 0.05) is 12.5 Å². The lowest BCUT2D eigenvalue weighted by molar-refractivity contribution is -0.121. The third-order valence-electron chi connectivity index (χ3n) is 3.26. The molecule has 0 aliphatic carbocycles. The van der Waals surface area contributed by atoms with Crippen molar-refractivity contribution in [1.82, 2.24) is 10.6 Å². The van der Waals surface area contributed by atoms with Crippen LogP contribution in [0.15, 0.2) is 0 Å². The Morgan fingerprint density at radius 1 is 1.33 bits per heavy atom. The molecule has 3 heteroatoms. The molecule has 2 N–H and O–H groups in total. The van der Waals surface area contributed by atoms with Gasteiger partial charge in [0.2, 0.25) is 5.91 Å². The predicted molar refractivity (Wildman–Crippen MR) is 62.8 cm³/mol. The molecule has 0 saturated carbocycles. The summed E-state index contributed by atoms with van der Waals surface area (Å²) < 4.78 is 0. The first-order valence-corrected chi connectivity index (χ1v) is 6.18. The van der Waals surface area contributed by atoms with Crippen LogP contribution in [0.3, 0.4) is 0 Å². The fraction of sp³-hybridized carbons (Fsp3) is 0.917. The van der Waals surface area contributed by atoms with E-state index in [1.165, 1.54) is 19.3 Å². The molecule has 0 bridgehead atoms. The second kappa shape index (κ2) is 6.11. The van der Waals surface area contributed by atoms with E-state index in [0.29, 0.717) is 0 Å². The van der Waals surface area contributed by atoms with Crippen molar-refractivity contribution in [3.8, 4) is 0 Å². The third kappa shape index (κ3) is 4.20. The van der Waals surface area contributed by atoms with Crippen molar-refractivity contribution >= 4 is 5.91 Å². The maximum Gasteiger partial charge on any atom is 0.217 e. The van der Waals surface area contributed by atoms with Crippen LogP contribution >= 0.6 is 0 Å². The van der Waals surface area contributed by atoms with Crippen molar-refractivity contribution < 1.29 is 4.79 Å². The van der Waals surface area contributed by atoms with Crippen LogP contribution in [0.5, 0.6) is 0 Å². The largest absolute Gasteiger partial charge is 0.351 e. The van der Waals surface area contributed by atoms with E-state index in [1.54, 1.807) is 6.92 Å². The van der Waals surface area contributed by atoms with Gasteiger partial charge < -0.3 is 10.6 Å². The molecule has 0 radical (unpaired) electrons. The monoisotopic (exact) mass is 212 g/mol. The van der Waals surface area contributed by atoms with E-state index < -0.39 is 0 Å². The topological polar surface area (TPSA) is 41.1 Å². The van der Waals surface area contributed by atoms with Crippen LogP contribution in [-0.2, 0) is 4.79 Å². The molecule has 1 heterocycles. The lowest BCUT2D eigenvalue weighted by Crippen LogP contribution is -2.53. The number of carbonyl (C=O) groups excluding carboxylic acids is 1. The first-order chi connectivity index (χ1) is 7.18. The van der Waals surface area contributed by atoms with Crippen LogP contribution in [0.25, 0.3) is 0 Å². The van der Waals surface area contributed by atoms with Crippen LogP contribution in [0, 0.1) is 0 Å². The summed E-state index contributed by atoms with van der Waals surface area (Å²) in [5, 5.41) is 6.53. The molecule has 15 heavy (non-hydrogen) atoms. The fourth-order valence-corrected chi connectivity index (χ4v) is 2.43. The quantitative estimate of drug-likeness (QED) is 0.683. The van der Waals surface area contributed by atoms with Gasteiger partial charge in [-0.15, -0.1) is 0 Å². The normalized spacial score (nSPS) is 19.9. The Balaban J connectivity index is 2.46. The molecule has 1 saturated heterocycles. The van der Waals surface area contributed by atoms with E-state index in [1.807, 2.05) is 0 Å². The first-order valence-electron chi connectivity index (χ1n) is 6.18. The molecule has 0 unspecified atom stereocenters. The summed E-state index contributed by atoms with van der Waals surface area (Å²) in [6.07, 6.45) is 7.05. The van der Waals surface area contributed by atoms with Gasteiger partial charge in [0.15, 0.2) is 0 Å². The van der Waals surface area contributed by atoms with Gasteiger partial charge in [-0.2, -0.15) is 0 Å². The van der Waals surface area contributed by atoms with E-state index in [4.69, 9.17) is 0 Å². The Morgan fingerprint density at radius 3 is 2.53 bits per heavy atom. The summed E-state index contributed by atoms with van der Waals surface area (Å²) in [6.45, 7) is 5.91. The molecule has 1 amide bonds. The van der Waals surface area contributed by atoms with Crippen molar-refractivity contribution in [2.75, 3.05) is 13.1 Å². The molecular formula is C12H24N2O. The Morgan fingerprint density at radius 2 is 2.00 bits per heavy atom. The Hall–Kier alpha value is -0.570. The molecule has 1 rings (SSSR count). The first kappa shape index (κ1) is 12.5. The zero-order valence-corrected chi connectivity index (χ0v) is 10.1. The van der Waals surface area contributed by atoms with Crippen molar-refractivity contribution in [1.29, 1.82) is 0 Å². The lowest BCUT2D eigenvalue weighted by Gasteiger charge is -2.38. The summed E-state index contributed by atoms with van der Waals surface area (Å²) in [7, 11) is 0. The smallest absolute Gasteiger partial charge is 0.217 e. The van der Waals surface area contributed by atoms with Crippen LogP contribution in [-0.4, -0.2) is 24.5 Å². The SMILES string of the molecule is CCCCCC1(NC(C)=O)CCNCC1. The molecule has 0 spiro atoms. The van der Waals surface area contributed by atoms with Crippen molar-refractivity contribution in [3.63, 3.8) is 0 Å². The van der Waals surface area contributed by atoms with E-state index in [-0.39, 0.29) is 11.4 Å². The maximum atomic E-state index is 11.2. The van der Waals surface area contributed by atoms with Crippen LogP contribution < -0.4 is 10.6 Å². The summed E-state index contributed by atoms with van der Waals surface area (Å²) in [4.78, 5) is 11.2. The average molecular weight is 212 g/mol. The number of hydrogen-bond acceptors (Lipinski definition) is 2. The molecule has 88 valence electrons. The number of carbonyl (C=O) groups is 1. The van der Waals surface area contributed by atoms with Gasteiger partial charge in [-0.3, -0.25) is 4.79 Å². The van der Waals surface area contributed by atoms with Crippen LogP contribution in [0.2, 0.25) is 0 Å². The molecule has 1 aliphatic heterocycles. The van der Waals surface area contributed by atoms with E-state index in [2.05, 4.69) is 17.6 Å². The average Bonchev–Trinajstić information content (AvgIpc) is 2.18. The van der Waals surface area contributed by atoms with E-state index >= 15 is 0 Å². The summed E-state index contributed by atoms with van der Waals surface area (Å²) >= 11 is 0. The fourth-order valence-electron chi connectivity index (χ4n) is 2.43. The molecule has 3 nitrogen and oxygen atoms in total. The molecule has 0 aromatic rings. The van der Waals surface area contributed by atoms with Crippen LogP contribution in [0.1, 0.15) is 52.4 Å². The predicted octanol–water partition coefficient (Wildman–Crippen LogP) is 1.82. The zero-order chi connectivity index (χ0) is 11.1. The maximum absolute atomic E-state index is 11.2. The van der Waals surface area contributed by atoms with Gasteiger partial charge in [0.1, 0.15) is 0 Å². The lowest BCUT2D eigenvalue weighted by atomic mass is 9.83. The van der Waals surface area contributed by atoms with Crippen LogP contribution in [0.4, 0.5) is 0 Å². The highest BCUT2D eigenvalue weighted by Gasteiger charge is 2.31. The molecule has 0 atom stereocenters. The van der Waals surface area contributed by atoms with Crippen molar-refractivity contribution in [3.05, 3.63) is 0 Å². The molecule has 1 aliphatic rings. The minimum Gasteiger partial charge on any atom is -0.351 e. The second-order valence-corrected chi connectivity index (χ2v) is 4.67.